The summed E-state index contributed by atoms with van der Waals surface area (Å²) in [5.41, 5.74) is 1.89. The van der Waals surface area contributed by atoms with Gasteiger partial charge in [-0.05, 0) is 42.3 Å². The van der Waals surface area contributed by atoms with Crippen molar-refractivity contribution in [2.45, 2.75) is 23.9 Å². The van der Waals surface area contributed by atoms with Gasteiger partial charge >= 0.3 is 0 Å². The van der Waals surface area contributed by atoms with E-state index < -0.39 is 0 Å². The molecular formula is C21H23Cl2N3O3S. The fourth-order valence-electron chi connectivity index (χ4n) is 2.93. The van der Waals surface area contributed by atoms with Crippen LogP contribution in [-0.2, 0) is 17.0 Å². The van der Waals surface area contributed by atoms with E-state index in [9.17, 15) is 0 Å². The molecule has 1 aromatic heterocycles. The van der Waals surface area contributed by atoms with Crippen molar-refractivity contribution in [2.24, 2.45) is 0 Å². The average Bonchev–Trinajstić information content (AvgIpc) is 3.15. The van der Waals surface area contributed by atoms with Crippen molar-refractivity contribution in [2.75, 3.05) is 27.9 Å². The van der Waals surface area contributed by atoms with Gasteiger partial charge in [0.2, 0.25) is 0 Å². The molecule has 0 spiro atoms. The van der Waals surface area contributed by atoms with Crippen LogP contribution in [0.2, 0.25) is 10.0 Å². The van der Waals surface area contributed by atoms with E-state index in [2.05, 4.69) is 14.8 Å². The highest BCUT2D eigenvalue weighted by molar-refractivity contribution is 7.98. The van der Waals surface area contributed by atoms with Crippen molar-refractivity contribution < 1.29 is 14.2 Å². The second-order valence-corrected chi connectivity index (χ2v) is 8.18. The second-order valence-electron chi connectivity index (χ2n) is 6.40. The number of hydrogen-bond donors (Lipinski definition) is 0. The lowest BCUT2D eigenvalue weighted by molar-refractivity contribution is 0.189. The summed E-state index contributed by atoms with van der Waals surface area (Å²) in [6, 6.07) is 11.2. The first kappa shape index (κ1) is 22.7. The minimum Gasteiger partial charge on any atom is -0.493 e. The number of halogens is 2. The first-order valence-electron chi connectivity index (χ1n) is 9.28. The Bertz CT molecular complexity index is 998. The Morgan fingerprint density at radius 1 is 0.967 bits per heavy atom. The van der Waals surface area contributed by atoms with Gasteiger partial charge in [-0.1, -0.05) is 41.0 Å². The molecule has 0 bridgehead atoms. The minimum atomic E-state index is 0.618. The maximum absolute atomic E-state index is 6.32. The van der Waals surface area contributed by atoms with E-state index in [0.29, 0.717) is 33.9 Å². The predicted molar refractivity (Wildman–Crippen MR) is 121 cm³/mol. The summed E-state index contributed by atoms with van der Waals surface area (Å²) in [5, 5.41) is 10.9. The molecule has 0 saturated carbocycles. The van der Waals surface area contributed by atoms with Crippen LogP contribution in [0.5, 0.6) is 11.5 Å². The van der Waals surface area contributed by atoms with E-state index in [0.717, 1.165) is 35.1 Å². The fraction of sp³-hybridized carbons (Fsp3) is 0.333. The monoisotopic (exact) mass is 467 g/mol. The van der Waals surface area contributed by atoms with Gasteiger partial charge in [0.05, 0.1) is 14.2 Å². The second kappa shape index (κ2) is 10.9. The summed E-state index contributed by atoms with van der Waals surface area (Å²) >= 11 is 13.9. The van der Waals surface area contributed by atoms with Gasteiger partial charge in [0.15, 0.2) is 22.5 Å². The summed E-state index contributed by atoms with van der Waals surface area (Å²) in [7, 11) is 4.92. The molecule has 6 nitrogen and oxygen atoms in total. The first-order valence-corrected chi connectivity index (χ1v) is 11.0. The smallest absolute Gasteiger partial charge is 0.191 e. The molecule has 30 heavy (non-hydrogen) atoms. The molecule has 0 amide bonds. The maximum atomic E-state index is 6.32. The SMILES string of the molecule is COCCCn1c(SCc2ccc(Cl)cc2Cl)nnc1-c1ccc(OC)c(OC)c1. The normalized spacial score (nSPS) is 11.0. The van der Waals surface area contributed by atoms with Crippen LogP contribution in [0.15, 0.2) is 41.6 Å². The number of ether oxygens (including phenoxy) is 3. The third-order valence-corrected chi connectivity index (χ3v) is 6.06. The van der Waals surface area contributed by atoms with Gasteiger partial charge in [-0.3, -0.25) is 0 Å². The Hall–Kier alpha value is -1.93. The standard InChI is InChI=1S/C21H23Cl2N3O3S/c1-27-10-4-9-26-20(14-6-8-18(28-2)19(11-14)29-3)24-25-21(26)30-13-15-5-7-16(22)12-17(15)23/h5-8,11-12H,4,9-10,13H2,1-3H3. The van der Waals surface area contributed by atoms with Crippen molar-refractivity contribution in [3.05, 3.63) is 52.0 Å². The summed E-state index contributed by atoms with van der Waals surface area (Å²) < 4.78 is 18.1. The number of rotatable bonds is 10. The first-order chi connectivity index (χ1) is 14.6. The molecule has 0 aliphatic rings. The van der Waals surface area contributed by atoms with Crippen LogP contribution < -0.4 is 9.47 Å². The van der Waals surface area contributed by atoms with E-state index in [1.807, 2.05) is 30.3 Å². The highest BCUT2D eigenvalue weighted by Gasteiger charge is 2.17. The molecule has 0 unspecified atom stereocenters. The Balaban J connectivity index is 1.89. The van der Waals surface area contributed by atoms with E-state index in [4.69, 9.17) is 37.4 Å². The van der Waals surface area contributed by atoms with Crippen LogP contribution in [0.3, 0.4) is 0 Å². The molecular weight excluding hydrogens is 445 g/mol. The topological polar surface area (TPSA) is 58.4 Å². The summed E-state index contributed by atoms with van der Waals surface area (Å²) in [6.07, 6.45) is 0.837. The lowest BCUT2D eigenvalue weighted by atomic mass is 10.2. The average molecular weight is 468 g/mol. The molecule has 3 rings (SSSR count). The molecule has 0 saturated heterocycles. The van der Waals surface area contributed by atoms with Crippen molar-refractivity contribution in [3.63, 3.8) is 0 Å². The minimum absolute atomic E-state index is 0.618. The Morgan fingerprint density at radius 3 is 2.47 bits per heavy atom. The zero-order valence-electron chi connectivity index (χ0n) is 17.0. The van der Waals surface area contributed by atoms with Gasteiger partial charge in [0.1, 0.15) is 0 Å². The lowest BCUT2D eigenvalue weighted by Gasteiger charge is -2.12. The van der Waals surface area contributed by atoms with Crippen LogP contribution in [0.1, 0.15) is 12.0 Å². The molecule has 3 aromatic rings. The molecule has 1 heterocycles. The molecule has 160 valence electrons. The van der Waals surface area contributed by atoms with E-state index in [-0.39, 0.29) is 0 Å². The molecule has 0 aliphatic carbocycles. The van der Waals surface area contributed by atoms with Crippen LogP contribution in [0.25, 0.3) is 11.4 Å². The zero-order valence-corrected chi connectivity index (χ0v) is 19.4. The van der Waals surface area contributed by atoms with Crippen LogP contribution >= 0.6 is 35.0 Å². The third-order valence-electron chi connectivity index (χ3n) is 4.46. The van der Waals surface area contributed by atoms with E-state index in [1.54, 1.807) is 39.2 Å². The van der Waals surface area contributed by atoms with Gasteiger partial charge in [-0.2, -0.15) is 0 Å². The van der Waals surface area contributed by atoms with Crippen LogP contribution in [-0.4, -0.2) is 42.7 Å². The van der Waals surface area contributed by atoms with Gasteiger partial charge in [0.25, 0.3) is 0 Å². The van der Waals surface area contributed by atoms with Gasteiger partial charge in [-0.15, -0.1) is 10.2 Å². The third kappa shape index (κ3) is 5.40. The van der Waals surface area contributed by atoms with Crippen LogP contribution in [0.4, 0.5) is 0 Å². The highest BCUT2D eigenvalue weighted by Crippen LogP contribution is 2.34. The molecule has 9 heteroatoms. The molecule has 0 radical (unpaired) electrons. The fourth-order valence-corrected chi connectivity index (χ4v) is 4.46. The number of thioether (sulfide) groups is 1. The predicted octanol–water partition coefficient (Wildman–Crippen LogP) is 5.60. The lowest BCUT2D eigenvalue weighted by Crippen LogP contribution is -2.05. The maximum Gasteiger partial charge on any atom is 0.191 e. The summed E-state index contributed by atoms with van der Waals surface area (Å²) in [6.45, 7) is 1.37. The van der Waals surface area contributed by atoms with E-state index in [1.165, 1.54) is 0 Å². The van der Waals surface area contributed by atoms with Crippen molar-refractivity contribution >= 4 is 35.0 Å². The zero-order chi connectivity index (χ0) is 21.5. The Morgan fingerprint density at radius 2 is 1.77 bits per heavy atom. The molecule has 0 aliphatic heterocycles. The molecule has 0 atom stereocenters. The van der Waals surface area contributed by atoms with Gasteiger partial charge in [-0.25, -0.2) is 0 Å². The molecule has 0 N–H and O–H groups in total. The summed E-state index contributed by atoms with van der Waals surface area (Å²) in [4.78, 5) is 0. The Labute approximate surface area is 190 Å². The van der Waals surface area contributed by atoms with Crippen LogP contribution in [0, 0.1) is 0 Å². The van der Waals surface area contributed by atoms with Crippen molar-refractivity contribution in [1.82, 2.24) is 14.8 Å². The van der Waals surface area contributed by atoms with Gasteiger partial charge < -0.3 is 18.8 Å². The number of methoxy groups -OCH3 is 3. The Kier molecular flexibility index (Phi) is 8.27. The quantitative estimate of drug-likeness (QED) is 0.285. The number of aromatic nitrogens is 3. The van der Waals surface area contributed by atoms with Crippen molar-refractivity contribution in [1.29, 1.82) is 0 Å². The summed E-state index contributed by atoms with van der Waals surface area (Å²) in [5.74, 6) is 2.73. The number of nitrogens with zero attached hydrogens (tertiary/aromatic N) is 3. The van der Waals surface area contributed by atoms with Gasteiger partial charge in [0, 0.05) is 41.6 Å². The van der Waals surface area contributed by atoms with E-state index >= 15 is 0 Å². The number of hydrogen-bond acceptors (Lipinski definition) is 6. The highest BCUT2D eigenvalue weighted by atomic mass is 35.5. The molecule has 0 fully saturated rings. The largest absolute Gasteiger partial charge is 0.493 e. The number of benzene rings is 2. The van der Waals surface area contributed by atoms with Crippen molar-refractivity contribution in [3.8, 4) is 22.9 Å². The molecule has 2 aromatic carbocycles.